The first-order valence-corrected chi connectivity index (χ1v) is 11.8. The summed E-state index contributed by atoms with van der Waals surface area (Å²) in [5.74, 6) is -1.96. The number of hydrogen-bond acceptors (Lipinski definition) is 7. The third-order valence-electron chi connectivity index (χ3n) is 4.31. The number of nitrogens with zero attached hydrogens (tertiary/aromatic N) is 2. The predicted molar refractivity (Wildman–Crippen MR) is 115 cm³/mol. The quantitative estimate of drug-likeness (QED) is 0.491. The van der Waals surface area contributed by atoms with E-state index >= 15 is 0 Å². The van der Waals surface area contributed by atoms with E-state index in [1.807, 2.05) is 0 Å². The molecule has 0 saturated carbocycles. The number of aromatic nitrogens is 1. The Hall–Kier alpha value is -3.11. The molecule has 10 heteroatoms. The van der Waals surface area contributed by atoms with Gasteiger partial charge in [0.15, 0.2) is 15.0 Å². The van der Waals surface area contributed by atoms with Gasteiger partial charge in [0.25, 0.3) is 0 Å². The maximum atomic E-state index is 14.2. The maximum absolute atomic E-state index is 14.2. The van der Waals surface area contributed by atoms with Crippen LogP contribution in [0.1, 0.15) is 29.9 Å². The average molecular weight is 463 g/mol. The Morgan fingerprint density at radius 1 is 1.13 bits per heavy atom. The van der Waals surface area contributed by atoms with Crippen LogP contribution in [-0.2, 0) is 26.0 Å². The van der Waals surface area contributed by atoms with Crippen LogP contribution in [0, 0.1) is 5.82 Å². The van der Waals surface area contributed by atoms with Crippen molar-refractivity contribution in [1.29, 1.82) is 0 Å². The number of anilines is 2. The van der Waals surface area contributed by atoms with Gasteiger partial charge in [-0.1, -0.05) is 31.2 Å². The molecule has 3 aromatic rings. The molecule has 0 spiro atoms. The number of sulfone groups is 1. The standard InChI is InChI=1S/C21H19FN2O5S2/c1-3-31(27,28)19-11-7-4-8-16(19)20(26)29-12-15-13-30-21(23-15)24(14(2)25)18-10-6-5-9-17(18)22/h4-11,13H,3,12H2,1-2H3. The fourth-order valence-corrected chi connectivity index (χ4v) is 4.73. The van der Waals surface area contributed by atoms with Gasteiger partial charge in [0.2, 0.25) is 5.91 Å². The summed E-state index contributed by atoms with van der Waals surface area (Å²) in [5, 5.41) is 1.80. The van der Waals surface area contributed by atoms with Crippen LogP contribution in [0.3, 0.4) is 0 Å². The molecule has 0 aliphatic carbocycles. The normalized spacial score (nSPS) is 11.2. The van der Waals surface area contributed by atoms with E-state index in [0.717, 1.165) is 16.2 Å². The van der Waals surface area contributed by atoms with Crippen LogP contribution in [0.5, 0.6) is 0 Å². The van der Waals surface area contributed by atoms with E-state index in [4.69, 9.17) is 4.74 Å². The minimum Gasteiger partial charge on any atom is -0.456 e. The monoisotopic (exact) mass is 462 g/mol. The molecule has 162 valence electrons. The number of ether oxygens (including phenoxy) is 1. The van der Waals surface area contributed by atoms with Gasteiger partial charge in [-0.15, -0.1) is 11.3 Å². The molecule has 0 saturated heterocycles. The Morgan fingerprint density at radius 3 is 2.48 bits per heavy atom. The Balaban J connectivity index is 1.79. The summed E-state index contributed by atoms with van der Waals surface area (Å²) in [4.78, 5) is 29.9. The van der Waals surface area contributed by atoms with Gasteiger partial charge in [-0.05, 0) is 24.3 Å². The second-order valence-electron chi connectivity index (χ2n) is 6.40. The predicted octanol–water partition coefficient (Wildman–Crippen LogP) is 4.12. The smallest absolute Gasteiger partial charge is 0.339 e. The van der Waals surface area contributed by atoms with Crippen LogP contribution in [0.15, 0.2) is 58.8 Å². The van der Waals surface area contributed by atoms with Gasteiger partial charge in [-0.2, -0.15) is 0 Å². The van der Waals surface area contributed by atoms with Crippen molar-refractivity contribution in [2.45, 2.75) is 25.3 Å². The number of carbonyl (C=O) groups is 2. The number of hydrogen-bond donors (Lipinski definition) is 0. The number of thiazole rings is 1. The van der Waals surface area contributed by atoms with E-state index in [1.54, 1.807) is 17.5 Å². The highest BCUT2D eigenvalue weighted by Crippen LogP contribution is 2.31. The summed E-state index contributed by atoms with van der Waals surface area (Å²) in [7, 11) is -3.60. The highest BCUT2D eigenvalue weighted by Gasteiger charge is 2.23. The SMILES string of the molecule is CCS(=O)(=O)c1ccccc1C(=O)OCc1csc(N(C(C)=O)c2ccccc2F)n1. The van der Waals surface area contributed by atoms with Crippen molar-refractivity contribution in [1.82, 2.24) is 4.98 Å². The Morgan fingerprint density at radius 2 is 1.81 bits per heavy atom. The molecule has 1 aromatic heterocycles. The zero-order chi connectivity index (χ0) is 22.6. The number of para-hydroxylation sites is 1. The van der Waals surface area contributed by atoms with Gasteiger partial charge >= 0.3 is 5.97 Å². The van der Waals surface area contributed by atoms with Gasteiger partial charge in [0.1, 0.15) is 12.4 Å². The van der Waals surface area contributed by atoms with Gasteiger partial charge in [0, 0.05) is 12.3 Å². The van der Waals surface area contributed by atoms with Crippen LogP contribution in [-0.4, -0.2) is 31.0 Å². The zero-order valence-corrected chi connectivity index (χ0v) is 18.4. The molecule has 1 heterocycles. The van der Waals surface area contributed by atoms with Crippen LogP contribution < -0.4 is 4.90 Å². The molecule has 0 unspecified atom stereocenters. The summed E-state index contributed by atoms with van der Waals surface area (Å²) in [6.07, 6.45) is 0. The first-order valence-electron chi connectivity index (χ1n) is 9.23. The summed E-state index contributed by atoms with van der Waals surface area (Å²) < 4.78 is 43.8. The van der Waals surface area contributed by atoms with Crippen LogP contribution in [0.2, 0.25) is 0 Å². The van der Waals surface area contributed by atoms with Crippen molar-refractivity contribution in [2.24, 2.45) is 0 Å². The minimum absolute atomic E-state index is 0.0588. The summed E-state index contributed by atoms with van der Waals surface area (Å²) in [6, 6.07) is 11.6. The van der Waals surface area contributed by atoms with E-state index in [2.05, 4.69) is 4.98 Å². The van der Waals surface area contributed by atoms with Crippen molar-refractivity contribution in [3.8, 4) is 0 Å². The lowest BCUT2D eigenvalue weighted by molar-refractivity contribution is -0.115. The summed E-state index contributed by atoms with van der Waals surface area (Å²) >= 11 is 1.09. The van der Waals surface area contributed by atoms with Gasteiger partial charge in [-0.3, -0.25) is 9.69 Å². The van der Waals surface area contributed by atoms with Gasteiger partial charge in [0.05, 0.1) is 27.6 Å². The van der Waals surface area contributed by atoms with E-state index in [0.29, 0.717) is 5.69 Å². The highest BCUT2D eigenvalue weighted by atomic mass is 32.2. The van der Waals surface area contributed by atoms with Crippen LogP contribution >= 0.6 is 11.3 Å². The number of benzene rings is 2. The molecule has 1 amide bonds. The lowest BCUT2D eigenvalue weighted by Crippen LogP contribution is -2.23. The number of halogens is 1. The molecular weight excluding hydrogens is 443 g/mol. The highest BCUT2D eigenvalue weighted by molar-refractivity contribution is 7.91. The number of amides is 1. The first-order chi connectivity index (χ1) is 14.7. The van der Waals surface area contributed by atoms with E-state index in [9.17, 15) is 22.4 Å². The molecule has 3 rings (SSSR count). The Kier molecular flexibility index (Phi) is 6.81. The fraction of sp³-hybridized carbons (Fsp3) is 0.190. The minimum atomic E-state index is -3.60. The summed E-state index contributed by atoms with van der Waals surface area (Å²) in [6.45, 7) is 2.54. The largest absolute Gasteiger partial charge is 0.456 e. The fourth-order valence-electron chi connectivity index (χ4n) is 2.78. The first kappa shape index (κ1) is 22.6. The Bertz CT molecular complexity index is 1220. The number of carbonyl (C=O) groups excluding carboxylic acids is 2. The van der Waals surface area contributed by atoms with Gasteiger partial charge in [-0.25, -0.2) is 22.6 Å². The van der Waals surface area contributed by atoms with E-state index in [1.165, 1.54) is 50.2 Å². The Labute approximate surface area is 183 Å². The molecule has 0 aliphatic heterocycles. The molecule has 7 nitrogen and oxygen atoms in total. The lowest BCUT2D eigenvalue weighted by atomic mass is 10.2. The topological polar surface area (TPSA) is 93.6 Å². The summed E-state index contributed by atoms with van der Waals surface area (Å²) in [5.41, 5.74) is 0.342. The van der Waals surface area contributed by atoms with Gasteiger partial charge < -0.3 is 4.74 Å². The number of rotatable bonds is 7. The third kappa shape index (κ3) is 4.97. The average Bonchev–Trinajstić information content (AvgIpc) is 3.21. The van der Waals surface area contributed by atoms with Crippen molar-refractivity contribution < 1.29 is 27.1 Å². The molecule has 0 fully saturated rings. The molecule has 0 radical (unpaired) electrons. The second kappa shape index (κ2) is 9.36. The lowest BCUT2D eigenvalue weighted by Gasteiger charge is -2.18. The van der Waals surface area contributed by atoms with Crippen LogP contribution in [0.4, 0.5) is 15.2 Å². The van der Waals surface area contributed by atoms with E-state index < -0.39 is 27.5 Å². The van der Waals surface area contributed by atoms with Crippen molar-refractivity contribution in [3.05, 3.63) is 71.0 Å². The van der Waals surface area contributed by atoms with E-state index in [-0.39, 0.29) is 33.6 Å². The van der Waals surface area contributed by atoms with Crippen molar-refractivity contribution >= 4 is 43.9 Å². The molecule has 0 N–H and O–H groups in total. The molecule has 31 heavy (non-hydrogen) atoms. The number of esters is 1. The third-order valence-corrected chi connectivity index (χ3v) is 6.97. The molecule has 0 atom stereocenters. The molecule has 0 bridgehead atoms. The maximum Gasteiger partial charge on any atom is 0.339 e. The second-order valence-corrected chi connectivity index (χ2v) is 9.49. The van der Waals surface area contributed by atoms with Crippen LogP contribution in [0.25, 0.3) is 0 Å². The molecule has 0 aliphatic rings. The zero-order valence-electron chi connectivity index (χ0n) is 16.7. The van der Waals surface area contributed by atoms with Crippen molar-refractivity contribution in [3.63, 3.8) is 0 Å². The molecular formula is C21H19FN2O5S2. The molecule has 2 aromatic carbocycles. The van der Waals surface area contributed by atoms with Crippen molar-refractivity contribution in [2.75, 3.05) is 10.7 Å².